The lowest BCUT2D eigenvalue weighted by Gasteiger charge is -2.25. The standard InChI is InChI=1S/C11H20N4O/c1-8(16)10(12)11-14-13-7-15(11)9-5-3-2-4-6-9/h7-10,16H,2-6,12H2,1H3/t8-,10+/m1/s1. The average molecular weight is 224 g/mol. The van der Waals surface area contributed by atoms with Gasteiger partial charge in [-0.1, -0.05) is 19.3 Å². The fourth-order valence-corrected chi connectivity index (χ4v) is 2.35. The summed E-state index contributed by atoms with van der Waals surface area (Å²) in [4.78, 5) is 0. The van der Waals surface area contributed by atoms with Gasteiger partial charge in [-0.15, -0.1) is 10.2 Å². The van der Waals surface area contributed by atoms with Gasteiger partial charge in [0.2, 0.25) is 0 Å². The topological polar surface area (TPSA) is 77.0 Å². The Labute approximate surface area is 95.7 Å². The van der Waals surface area contributed by atoms with Gasteiger partial charge in [0, 0.05) is 6.04 Å². The van der Waals surface area contributed by atoms with Crippen LogP contribution < -0.4 is 5.73 Å². The highest BCUT2D eigenvalue weighted by atomic mass is 16.3. The molecule has 5 heteroatoms. The number of hydrogen-bond acceptors (Lipinski definition) is 4. The van der Waals surface area contributed by atoms with Gasteiger partial charge in [0.15, 0.2) is 5.82 Å². The van der Waals surface area contributed by atoms with Crippen molar-refractivity contribution in [3.05, 3.63) is 12.2 Å². The summed E-state index contributed by atoms with van der Waals surface area (Å²) in [7, 11) is 0. The Morgan fingerprint density at radius 1 is 1.44 bits per heavy atom. The molecule has 0 aromatic carbocycles. The quantitative estimate of drug-likeness (QED) is 0.807. The van der Waals surface area contributed by atoms with Crippen molar-refractivity contribution in [3.63, 3.8) is 0 Å². The summed E-state index contributed by atoms with van der Waals surface area (Å²) < 4.78 is 2.05. The number of nitrogens with two attached hydrogens (primary N) is 1. The first-order valence-electron chi connectivity index (χ1n) is 6.03. The molecule has 5 nitrogen and oxygen atoms in total. The van der Waals surface area contributed by atoms with Crippen LogP contribution >= 0.6 is 0 Å². The second-order valence-corrected chi connectivity index (χ2v) is 4.65. The van der Waals surface area contributed by atoms with E-state index >= 15 is 0 Å². The van der Waals surface area contributed by atoms with Gasteiger partial charge in [-0.3, -0.25) is 0 Å². The fourth-order valence-electron chi connectivity index (χ4n) is 2.35. The number of nitrogens with zero attached hydrogens (tertiary/aromatic N) is 3. The molecule has 0 radical (unpaired) electrons. The van der Waals surface area contributed by atoms with Crippen LogP contribution in [-0.2, 0) is 0 Å². The molecule has 2 atom stereocenters. The molecule has 0 amide bonds. The van der Waals surface area contributed by atoms with Gasteiger partial charge in [-0.2, -0.15) is 0 Å². The minimum Gasteiger partial charge on any atom is -0.391 e. The van der Waals surface area contributed by atoms with E-state index in [-0.39, 0.29) is 0 Å². The molecule has 1 aromatic rings. The van der Waals surface area contributed by atoms with E-state index in [1.54, 1.807) is 13.3 Å². The molecule has 0 saturated heterocycles. The van der Waals surface area contributed by atoms with Crippen LogP contribution in [0.5, 0.6) is 0 Å². The summed E-state index contributed by atoms with van der Waals surface area (Å²) in [5.74, 6) is 0.710. The molecule has 0 unspecified atom stereocenters. The zero-order valence-electron chi connectivity index (χ0n) is 9.71. The van der Waals surface area contributed by atoms with Gasteiger partial charge in [0.05, 0.1) is 12.1 Å². The van der Waals surface area contributed by atoms with Gasteiger partial charge in [-0.25, -0.2) is 0 Å². The molecule has 1 aliphatic carbocycles. The Balaban J connectivity index is 2.17. The van der Waals surface area contributed by atoms with Crippen LogP contribution in [0.3, 0.4) is 0 Å². The predicted octanol–water partition coefficient (Wildman–Crippen LogP) is 1.16. The molecule has 90 valence electrons. The van der Waals surface area contributed by atoms with E-state index in [1.807, 2.05) is 0 Å². The highest BCUT2D eigenvalue weighted by Gasteiger charge is 2.23. The van der Waals surface area contributed by atoms with E-state index in [2.05, 4.69) is 14.8 Å². The van der Waals surface area contributed by atoms with E-state index < -0.39 is 12.1 Å². The number of aliphatic hydroxyl groups excluding tert-OH is 1. The summed E-state index contributed by atoms with van der Waals surface area (Å²) in [5.41, 5.74) is 5.92. The zero-order chi connectivity index (χ0) is 11.5. The molecular formula is C11H20N4O. The van der Waals surface area contributed by atoms with E-state index in [1.165, 1.54) is 19.3 Å². The number of aromatic nitrogens is 3. The first-order valence-corrected chi connectivity index (χ1v) is 6.03. The minimum absolute atomic E-state index is 0.440. The summed E-state index contributed by atoms with van der Waals surface area (Å²) in [6.07, 6.45) is 7.31. The van der Waals surface area contributed by atoms with Crippen molar-refractivity contribution in [2.75, 3.05) is 0 Å². The normalized spacial score (nSPS) is 21.9. The Hall–Kier alpha value is -0.940. The maximum Gasteiger partial charge on any atom is 0.152 e. The highest BCUT2D eigenvalue weighted by molar-refractivity contribution is 4.98. The molecule has 2 rings (SSSR count). The van der Waals surface area contributed by atoms with Crippen molar-refractivity contribution >= 4 is 0 Å². The molecule has 1 heterocycles. The second-order valence-electron chi connectivity index (χ2n) is 4.65. The highest BCUT2D eigenvalue weighted by Crippen LogP contribution is 2.29. The Kier molecular flexibility index (Phi) is 3.56. The smallest absolute Gasteiger partial charge is 0.152 e. The second kappa shape index (κ2) is 4.93. The number of hydrogen-bond donors (Lipinski definition) is 2. The molecule has 1 aromatic heterocycles. The molecule has 1 aliphatic rings. The monoisotopic (exact) mass is 224 g/mol. The van der Waals surface area contributed by atoms with Crippen molar-refractivity contribution in [2.45, 2.75) is 57.2 Å². The van der Waals surface area contributed by atoms with Crippen LogP contribution in [0.2, 0.25) is 0 Å². The number of rotatable bonds is 3. The van der Waals surface area contributed by atoms with Crippen LogP contribution in [0, 0.1) is 0 Å². The van der Waals surface area contributed by atoms with Gasteiger partial charge < -0.3 is 15.4 Å². The van der Waals surface area contributed by atoms with E-state index in [4.69, 9.17) is 5.73 Å². The third kappa shape index (κ3) is 2.25. The van der Waals surface area contributed by atoms with Gasteiger partial charge >= 0.3 is 0 Å². The molecule has 1 fully saturated rings. The zero-order valence-corrected chi connectivity index (χ0v) is 9.71. The average Bonchev–Trinajstić information content (AvgIpc) is 2.77. The predicted molar refractivity (Wildman–Crippen MR) is 60.8 cm³/mol. The molecule has 0 bridgehead atoms. The summed E-state index contributed by atoms with van der Waals surface area (Å²) >= 11 is 0. The van der Waals surface area contributed by atoms with E-state index in [9.17, 15) is 5.11 Å². The van der Waals surface area contributed by atoms with Crippen molar-refractivity contribution in [3.8, 4) is 0 Å². The lowest BCUT2D eigenvalue weighted by atomic mass is 9.95. The summed E-state index contributed by atoms with van der Waals surface area (Å²) in [5, 5.41) is 17.5. The van der Waals surface area contributed by atoms with Gasteiger partial charge in [-0.05, 0) is 19.8 Å². The van der Waals surface area contributed by atoms with Gasteiger partial charge in [0.1, 0.15) is 6.33 Å². The lowest BCUT2D eigenvalue weighted by Crippen LogP contribution is -2.28. The SMILES string of the molecule is C[C@@H](O)[C@H](N)c1nncn1C1CCCCC1. The molecule has 1 saturated carbocycles. The fraction of sp³-hybridized carbons (Fsp3) is 0.818. The van der Waals surface area contributed by atoms with Crippen LogP contribution in [0.25, 0.3) is 0 Å². The van der Waals surface area contributed by atoms with Crippen LogP contribution in [0.4, 0.5) is 0 Å². The largest absolute Gasteiger partial charge is 0.391 e. The molecule has 16 heavy (non-hydrogen) atoms. The van der Waals surface area contributed by atoms with Crippen molar-refractivity contribution in [2.24, 2.45) is 5.73 Å². The van der Waals surface area contributed by atoms with Crippen molar-refractivity contribution < 1.29 is 5.11 Å². The van der Waals surface area contributed by atoms with E-state index in [0.29, 0.717) is 11.9 Å². The Morgan fingerprint density at radius 2 is 2.12 bits per heavy atom. The summed E-state index contributed by atoms with van der Waals surface area (Å²) in [6, 6.07) is 0.0213. The first-order chi connectivity index (χ1) is 7.70. The first kappa shape index (κ1) is 11.5. The lowest BCUT2D eigenvalue weighted by molar-refractivity contribution is 0.156. The molecular weight excluding hydrogens is 204 g/mol. The molecule has 0 spiro atoms. The summed E-state index contributed by atoms with van der Waals surface area (Å²) in [6.45, 7) is 1.69. The third-order valence-electron chi connectivity index (χ3n) is 3.39. The third-order valence-corrected chi connectivity index (χ3v) is 3.39. The maximum atomic E-state index is 9.51. The minimum atomic E-state index is -0.591. The van der Waals surface area contributed by atoms with Crippen LogP contribution in [-0.4, -0.2) is 26.0 Å². The molecule has 3 N–H and O–H groups in total. The van der Waals surface area contributed by atoms with E-state index in [0.717, 1.165) is 12.8 Å². The van der Waals surface area contributed by atoms with Crippen molar-refractivity contribution in [1.82, 2.24) is 14.8 Å². The van der Waals surface area contributed by atoms with Gasteiger partial charge in [0.25, 0.3) is 0 Å². The number of aliphatic hydroxyl groups is 1. The van der Waals surface area contributed by atoms with Crippen LogP contribution in [0.1, 0.15) is 56.9 Å². The molecule has 0 aliphatic heterocycles. The van der Waals surface area contributed by atoms with Crippen LogP contribution in [0.15, 0.2) is 6.33 Å². The Bertz CT molecular complexity index is 330. The van der Waals surface area contributed by atoms with Crippen molar-refractivity contribution in [1.29, 1.82) is 0 Å². The maximum absolute atomic E-state index is 9.51. The Morgan fingerprint density at radius 3 is 2.75 bits per heavy atom.